The van der Waals surface area contributed by atoms with Gasteiger partial charge in [-0.15, -0.1) is 6.58 Å². The number of hydrogen-bond donors (Lipinski definition) is 1. The van der Waals surface area contributed by atoms with E-state index in [4.69, 9.17) is 8.94 Å². The van der Waals surface area contributed by atoms with Gasteiger partial charge in [-0.05, 0) is 37.1 Å². The van der Waals surface area contributed by atoms with Crippen LogP contribution in [0.5, 0.6) is 0 Å². The van der Waals surface area contributed by atoms with Gasteiger partial charge in [0.05, 0.1) is 24.5 Å². The van der Waals surface area contributed by atoms with E-state index in [0.29, 0.717) is 44.8 Å². The molecule has 0 saturated carbocycles. The molecule has 3 rings (SSSR count). The molecule has 1 N–H and O–H groups in total. The first kappa shape index (κ1) is 22.8. The van der Waals surface area contributed by atoms with Crippen molar-refractivity contribution in [2.45, 2.75) is 38.1 Å². The van der Waals surface area contributed by atoms with Crippen molar-refractivity contribution in [1.29, 1.82) is 0 Å². The van der Waals surface area contributed by atoms with Gasteiger partial charge in [-0.25, -0.2) is 0 Å². The molecule has 0 amide bonds. The van der Waals surface area contributed by atoms with Gasteiger partial charge in [0.1, 0.15) is 5.76 Å². The fourth-order valence-electron chi connectivity index (χ4n) is 3.12. The lowest BCUT2D eigenvalue weighted by Crippen LogP contribution is -2.33. The van der Waals surface area contributed by atoms with E-state index in [1.54, 1.807) is 18.4 Å². The number of alkyl halides is 3. The Morgan fingerprint density at radius 2 is 2.06 bits per heavy atom. The van der Waals surface area contributed by atoms with Crippen LogP contribution >= 0.6 is 0 Å². The minimum atomic E-state index is -4.44. The zero-order valence-corrected chi connectivity index (χ0v) is 16.9. The molecule has 0 aliphatic carbocycles. The third kappa shape index (κ3) is 6.80. The monoisotopic (exact) mass is 435 g/mol. The molecule has 1 atom stereocenters. The molecule has 0 radical (unpaired) electrons. The molecule has 0 aliphatic heterocycles. The van der Waals surface area contributed by atoms with Gasteiger partial charge in [-0.3, -0.25) is 4.90 Å². The molecule has 0 saturated heterocycles. The van der Waals surface area contributed by atoms with Crippen LogP contribution in [-0.2, 0) is 19.1 Å². The van der Waals surface area contributed by atoms with E-state index in [9.17, 15) is 18.3 Å². The fourth-order valence-corrected chi connectivity index (χ4v) is 3.12. The molecule has 1 aromatic carbocycles. The summed E-state index contributed by atoms with van der Waals surface area (Å²) in [7, 11) is 0. The van der Waals surface area contributed by atoms with E-state index in [1.807, 2.05) is 11.0 Å². The number of furan rings is 1. The topological polar surface area (TPSA) is 75.5 Å². The van der Waals surface area contributed by atoms with Crippen LogP contribution in [0, 0.1) is 0 Å². The molecule has 0 bridgehead atoms. The van der Waals surface area contributed by atoms with Gasteiger partial charge >= 0.3 is 6.18 Å². The maximum atomic E-state index is 12.9. The Morgan fingerprint density at radius 3 is 2.77 bits per heavy atom. The number of hydrogen-bond acceptors (Lipinski definition) is 6. The van der Waals surface area contributed by atoms with Crippen LogP contribution in [0.15, 0.2) is 64.3 Å². The summed E-state index contributed by atoms with van der Waals surface area (Å²) in [6, 6.07) is 8.44. The van der Waals surface area contributed by atoms with Crippen molar-refractivity contribution in [2.24, 2.45) is 0 Å². The van der Waals surface area contributed by atoms with Crippen LogP contribution in [-0.4, -0.2) is 39.3 Å². The molecular formula is C22H24F3N3O3. The molecule has 0 fully saturated rings. The Kier molecular flexibility index (Phi) is 7.64. The average Bonchev–Trinajstić information content (AvgIpc) is 3.42. The second kappa shape index (κ2) is 10.4. The molecule has 2 aromatic heterocycles. The summed E-state index contributed by atoms with van der Waals surface area (Å²) < 4.78 is 49.4. The molecule has 31 heavy (non-hydrogen) atoms. The first-order valence-corrected chi connectivity index (χ1v) is 9.89. The highest BCUT2D eigenvalue weighted by atomic mass is 19.4. The molecule has 2 heterocycles. The van der Waals surface area contributed by atoms with Crippen LogP contribution in [0.3, 0.4) is 0 Å². The zero-order chi connectivity index (χ0) is 22.3. The van der Waals surface area contributed by atoms with Gasteiger partial charge < -0.3 is 14.0 Å². The number of rotatable bonds is 11. The van der Waals surface area contributed by atoms with Gasteiger partial charge in [0.2, 0.25) is 11.7 Å². The maximum Gasteiger partial charge on any atom is 0.416 e. The second-order valence-corrected chi connectivity index (χ2v) is 7.17. The summed E-state index contributed by atoms with van der Waals surface area (Å²) in [6.07, 6.45) is 0.0474. The zero-order valence-electron chi connectivity index (χ0n) is 16.9. The van der Waals surface area contributed by atoms with Crippen LogP contribution in [0.25, 0.3) is 11.4 Å². The molecule has 6 nitrogen and oxygen atoms in total. The van der Waals surface area contributed by atoms with Crippen molar-refractivity contribution in [3.8, 4) is 11.4 Å². The normalized spacial score (nSPS) is 12.9. The second-order valence-electron chi connectivity index (χ2n) is 7.17. The lowest BCUT2D eigenvalue weighted by molar-refractivity contribution is -0.137. The number of aliphatic hydroxyl groups is 1. The molecular weight excluding hydrogens is 411 g/mol. The Morgan fingerprint density at radius 1 is 1.23 bits per heavy atom. The van der Waals surface area contributed by atoms with E-state index >= 15 is 0 Å². The number of aromatic nitrogens is 2. The molecule has 3 aromatic rings. The minimum Gasteiger partial charge on any atom is -0.468 e. The number of aliphatic hydroxyl groups excluding tert-OH is 1. The molecule has 0 aliphatic rings. The molecule has 9 heteroatoms. The third-order valence-electron chi connectivity index (χ3n) is 4.69. The summed E-state index contributed by atoms with van der Waals surface area (Å²) in [4.78, 5) is 6.23. The molecule has 166 valence electrons. The molecule has 1 unspecified atom stereocenters. The first-order valence-electron chi connectivity index (χ1n) is 9.89. The van der Waals surface area contributed by atoms with Crippen LogP contribution in [0.2, 0.25) is 0 Å². The Hall–Kier alpha value is -2.91. The van der Waals surface area contributed by atoms with Crippen molar-refractivity contribution < 1.29 is 27.2 Å². The maximum absolute atomic E-state index is 12.9. The Bertz CT molecular complexity index is 954. The standard InChI is InChI=1S/C22H24F3N3O3/c1-2-3-8-18(29)14-28(15-19-9-5-12-30-19)11-10-20-26-21(27-31-20)16-6-4-7-17(13-16)22(23,24)25/h2,4-7,9,12-13,18,29H,1,3,8,10-11,14-15H2. The van der Waals surface area contributed by atoms with Crippen LogP contribution in [0.4, 0.5) is 13.2 Å². The molecule has 0 spiro atoms. The smallest absolute Gasteiger partial charge is 0.416 e. The van der Waals surface area contributed by atoms with Crippen molar-refractivity contribution in [3.05, 3.63) is 72.5 Å². The number of benzene rings is 1. The SMILES string of the molecule is C=CCCC(O)CN(CCc1nc(-c2cccc(C(F)(F)F)c2)no1)Cc1ccco1. The van der Waals surface area contributed by atoms with E-state index in [0.717, 1.165) is 17.9 Å². The lowest BCUT2D eigenvalue weighted by Gasteiger charge is -2.23. The van der Waals surface area contributed by atoms with Crippen molar-refractivity contribution in [3.63, 3.8) is 0 Å². The van der Waals surface area contributed by atoms with E-state index in [2.05, 4.69) is 16.7 Å². The Balaban J connectivity index is 1.65. The van der Waals surface area contributed by atoms with Crippen LogP contribution < -0.4 is 0 Å². The van der Waals surface area contributed by atoms with E-state index in [-0.39, 0.29) is 11.4 Å². The van der Waals surface area contributed by atoms with Crippen molar-refractivity contribution in [2.75, 3.05) is 13.1 Å². The average molecular weight is 435 g/mol. The highest BCUT2D eigenvalue weighted by Crippen LogP contribution is 2.31. The van der Waals surface area contributed by atoms with Gasteiger partial charge in [-0.1, -0.05) is 23.4 Å². The fraction of sp³-hybridized carbons (Fsp3) is 0.364. The first-order chi connectivity index (χ1) is 14.8. The van der Waals surface area contributed by atoms with Gasteiger partial charge in [0.15, 0.2) is 0 Å². The number of halogens is 3. The predicted molar refractivity (Wildman–Crippen MR) is 108 cm³/mol. The van der Waals surface area contributed by atoms with Gasteiger partial charge in [0, 0.05) is 25.1 Å². The largest absolute Gasteiger partial charge is 0.468 e. The summed E-state index contributed by atoms with van der Waals surface area (Å²) in [6.45, 7) is 5.07. The summed E-state index contributed by atoms with van der Waals surface area (Å²) in [5, 5.41) is 14.1. The van der Waals surface area contributed by atoms with E-state index < -0.39 is 17.8 Å². The summed E-state index contributed by atoms with van der Waals surface area (Å²) in [5.41, 5.74) is -0.536. The number of allylic oxidation sites excluding steroid dienone is 1. The quantitative estimate of drug-likeness (QED) is 0.439. The predicted octanol–water partition coefficient (Wildman–Crippen LogP) is 4.72. The van der Waals surface area contributed by atoms with Gasteiger partial charge in [0.25, 0.3) is 0 Å². The van der Waals surface area contributed by atoms with Crippen molar-refractivity contribution in [1.82, 2.24) is 15.0 Å². The van der Waals surface area contributed by atoms with Gasteiger partial charge in [-0.2, -0.15) is 18.2 Å². The summed E-state index contributed by atoms with van der Waals surface area (Å²) >= 11 is 0. The van der Waals surface area contributed by atoms with Crippen molar-refractivity contribution >= 4 is 0 Å². The van der Waals surface area contributed by atoms with Crippen LogP contribution in [0.1, 0.15) is 30.1 Å². The third-order valence-corrected chi connectivity index (χ3v) is 4.69. The Labute approximate surface area is 178 Å². The summed E-state index contributed by atoms with van der Waals surface area (Å²) in [5.74, 6) is 1.16. The lowest BCUT2D eigenvalue weighted by atomic mass is 10.1. The number of nitrogens with zero attached hydrogens (tertiary/aromatic N) is 3. The van der Waals surface area contributed by atoms with E-state index in [1.165, 1.54) is 12.1 Å². The minimum absolute atomic E-state index is 0.102. The highest BCUT2D eigenvalue weighted by molar-refractivity contribution is 5.55. The highest BCUT2D eigenvalue weighted by Gasteiger charge is 2.30.